The molecule has 0 fully saturated rings. The summed E-state index contributed by atoms with van der Waals surface area (Å²) in [4.78, 5) is 0. The molecule has 1 N–H and O–H groups in total. The molecule has 0 spiro atoms. The van der Waals surface area contributed by atoms with E-state index in [4.69, 9.17) is 11.6 Å². The fraction of sp³-hybridized carbons (Fsp3) is 0.182. The van der Waals surface area contributed by atoms with Crippen LogP contribution in [0.25, 0.3) is 5.69 Å². The maximum Gasteiger partial charge on any atom is 0.125 e. The first-order valence-electron chi connectivity index (χ1n) is 4.85. The van der Waals surface area contributed by atoms with Gasteiger partial charge < -0.3 is 5.32 Å². The summed E-state index contributed by atoms with van der Waals surface area (Å²) in [6.45, 7) is 0.579. The highest BCUT2D eigenvalue weighted by atomic mass is 35.5. The number of benzene rings is 1. The second-order valence-electron chi connectivity index (χ2n) is 3.36. The molecule has 16 heavy (non-hydrogen) atoms. The topological polar surface area (TPSA) is 29.9 Å². The largest absolute Gasteiger partial charge is 0.314 e. The first kappa shape index (κ1) is 11.1. The van der Waals surface area contributed by atoms with Crippen LogP contribution in [-0.4, -0.2) is 16.8 Å². The molecule has 0 saturated heterocycles. The number of aromatic nitrogens is 2. The molecule has 0 radical (unpaired) electrons. The van der Waals surface area contributed by atoms with E-state index in [-0.39, 0.29) is 5.82 Å². The van der Waals surface area contributed by atoms with E-state index in [2.05, 4.69) is 10.4 Å². The summed E-state index contributed by atoms with van der Waals surface area (Å²) in [5.41, 5.74) is 1.48. The second-order valence-corrected chi connectivity index (χ2v) is 3.77. The van der Waals surface area contributed by atoms with Crippen LogP contribution in [0.3, 0.4) is 0 Å². The van der Waals surface area contributed by atoms with E-state index < -0.39 is 0 Å². The number of hydrogen-bond acceptors (Lipinski definition) is 2. The third kappa shape index (κ3) is 2.08. The zero-order chi connectivity index (χ0) is 11.5. The molecule has 0 aliphatic rings. The zero-order valence-electron chi connectivity index (χ0n) is 8.74. The van der Waals surface area contributed by atoms with Gasteiger partial charge in [0.1, 0.15) is 5.82 Å². The lowest BCUT2D eigenvalue weighted by molar-refractivity contribution is 0.624. The fourth-order valence-electron chi connectivity index (χ4n) is 1.51. The Balaban J connectivity index is 2.47. The lowest BCUT2D eigenvalue weighted by Gasteiger charge is -2.07. The van der Waals surface area contributed by atoms with E-state index in [0.717, 1.165) is 5.69 Å². The van der Waals surface area contributed by atoms with E-state index >= 15 is 0 Å². The van der Waals surface area contributed by atoms with E-state index in [1.54, 1.807) is 23.0 Å². The zero-order valence-corrected chi connectivity index (χ0v) is 9.50. The fourth-order valence-corrected chi connectivity index (χ4v) is 1.70. The van der Waals surface area contributed by atoms with Crippen LogP contribution in [0, 0.1) is 5.82 Å². The van der Waals surface area contributed by atoms with Gasteiger partial charge in [-0.25, -0.2) is 9.07 Å². The highest BCUT2D eigenvalue weighted by Gasteiger charge is 2.09. The molecular formula is C11H11ClFN3. The van der Waals surface area contributed by atoms with E-state index in [9.17, 15) is 4.39 Å². The molecule has 2 aromatic rings. The van der Waals surface area contributed by atoms with Crippen molar-refractivity contribution in [3.05, 3.63) is 47.0 Å². The average molecular weight is 240 g/mol. The molecule has 1 heterocycles. The molecule has 1 aromatic carbocycles. The van der Waals surface area contributed by atoms with Crippen LogP contribution in [-0.2, 0) is 6.54 Å². The lowest BCUT2D eigenvalue weighted by atomic mass is 10.3. The third-order valence-electron chi connectivity index (χ3n) is 2.21. The molecule has 0 amide bonds. The highest BCUT2D eigenvalue weighted by molar-refractivity contribution is 6.31. The predicted octanol–water partition coefficient (Wildman–Crippen LogP) is 2.38. The Kier molecular flexibility index (Phi) is 3.22. The molecule has 0 aliphatic heterocycles. The van der Waals surface area contributed by atoms with Crippen molar-refractivity contribution in [2.75, 3.05) is 7.05 Å². The molecule has 0 saturated carbocycles. The van der Waals surface area contributed by atoms with Crippen molar-refractivity contribution < 1.29 is 4.39 Å². The first-order chi connectivity index (χ1) is 7.72. The first-order valence-corrected chi connectivity index (χ1v) is 5.23. The minimum Gasteiger partial charge on any atom is -0.314 e. The van der Waals surface area contributed by atoms with Gasteiger partial charge in [-0.05, 0) is 25.2 Å². The Labute approximate surface area is 97.8 Å². The number of rotatable bonds is 3. The van der Waals surface area contributed by atoms with Crippen LogP contribution in [0.1, 0.15) is 5.69 Å². The van der Waals surface area contributed by atoms with E-state index in [1.807, 2.05) is 7.05 Å². The van der Waals surface area contributed by atoms with Crippen LogP contribution in [0.5, 0.6) is 0 Å². The van der Waals surface area contributed by atoms with Gasteiger partial charge in [-0.2, -0.15) is 5.10 Å². The molecule has 0 bridgehead atoms. The Morgan fingerprint density at radius 1 is 1.50 bits per heavy atom. The standard InChI is InChI=1S/C11H11ClFN3/c1-14-7-11-10(12)6-15-16(11)9-4-2-3-8(13)5-9/h2-6,14H,7H2,1H3. The summed E-state index contributed by atoms with van der Waals surface area (Å²) < 4.78 is 14.7. The number of halogens is 2. The molecule has 0 aliphatic carbocycles. The summed E-state index contributed by atoms with van der Waals surface area (Å²) in [6, 6.07) is 6.24. The molecule has 5 heteroatoms. The Morgan fingerprint density at radius 3 is 3.00 bits per heavy atom. The van der Waals surface area contributed by atoms with Crippen LogP contribution in [0.2, 0.25) is 5.02 Å². The maximum absolute atomic E-state index is 13.1. The number of nitrogens with one attached hydrogen (secondary N) is 1. The summed E-state index contributed by atoms with van der Waals surface area (Å²) in [7, 11) is 1.82. The van der Waals surface area contributed by atoms with Gasteiger partial charge in [-0.3, -0.25) is 0 Å². The Morgan fingerprint density at radius 2 is 2.31 bits per heavy atom. The van der Waals surface area contributed by atoms with Crippen molar-refractivity contribution >= 4 is 11.6 Å². The van der Waals surface area contributed by atoms with Gasteiger partial charge in [0.15, 0.2) is 0 Å². The summed E-state index contributed by atoms with van der Waals surface area (Å²) in [5, 5.41) is 7.69. The summed E-state index contributed by atoms with van der Waals surface area (Å²) in [6.07, 6.45) is 1.55. The average Bonchev–Trinajstić information content (AvgIpc) is 2.61. The second kappa shape index (κ2) is 4.63. The van der Waals surface area contributed by atoms with Gasteiger partial charge in [0.05, 0.1) is 22.6 Å². The van der Waals surface area contributed by atoms with Crippen LogP contribution < -0.4 is 5.32 Å². The molecule has 84 valence electrons. The minimum absolute atomic E-state index is 0.292. The smallest absolute Gasteiger partial charge is 0.125 e. The van der Waals surface area contributed by atoms with Gasteiger partial charge in [-0.15, -0.1) is 0 Å². The van der Waals surface area contributed by atoms with Crippen LogP contribution >= 0.6 is 11.6 Å². The Bertz CT molecular complexity index is 496. The SMILES string of the molecule is CNCc1c(Cl)cnn1-c1cccc(F)c1. The van der Waals surface area contributed by atoms with E-state index in [0.29, 0.717) is 17.3 Å². The Hall–Kier alpha value is -1.39. The van der Waals surface area contributed by atoms with E-state index in [1.165, 1.54) is 12.1 Å². The molecule has 0 unspecified atom stereocenters. The molecule has 3 nitrogen and oxygen atoms in total. The predicted molar refractivity (Wildman–Crippen MR) is 61.3 cm³/mol. The molecule has 2 rings (SSSR count). The van der Waals surface area contributed by atoms with Crippen molar-refractivity contribution in [1.29, 1.82) is 0 Å². The maximum atomic E-state index is 13.1. The van der Waals surface area contributed by atoms with Crippen molar-refractivity contribution in [3.8, 4) is 5.69 Å². The van der Waals surface area contributed by atoms with Crippen molar-refractivity contribution in [3.63, 3.8) is 0 Å². The number of hydrogen-bond donors (Lipinski definition) is 1. The van der Waals surface area contributed by atoms with Gasteiger partial charge in [0, 0.05) is 6.54 Å². The van der Waals surface area contributed by atoms with Gasteiger partial charge >= 0.3 is 0 Å². The molecule has 0 atom stereocenters. The van der Waals surface area contributed by atoms with Gasteiger partial charge in [0.2, 0.25) is 0 Å². The number of nitrogens with zero attached hydrogens (tertiary/aromatic N) is 2. The lowest BCUT2D eigenvalue weighted by Crippen LogP contribution is -2.11. The van der Waals surface area contributed by atoms with Crippen LogP contribution in [0.4, 0.5) is 4.39 Å². The highest BCUT2D eigenvalue weighted by Crippen LogP contribution is 2.19. The third-order valence-corrected chi connectivity index (χ3v) is 2.53. The quantitative estimate of drug-likeness (QED) is 0.891. The minimum atomic E-state index is -0.292. The summed E-state index contributed by atoms with van der Waals surface area (Å²) >= 11 is 6.00. The molecule has 1 aromatic heterocycles. The van der Waals surface area contributed by atoms with Crippen molar-refractivity contribution in [2.45, 2.75) is 6.54 Å². The van der Waals surface area contributed by atoms with Crippen LogP contribution in [0.15, 0.2) is 30.5 Å². The van der Waals surface area contributed by atoms with Crippen molar-refractivity contribution in [1.82, 2.24) is 15.1 Å². The van der Waals surface area contributed by atoms with Crippen molar-refractivity contribution in [2.24, 2.45) is 0 Å². The molecular weight excluding hydrogens is 229 g/mol. The summed E-state index contributed by atoms with van der Waals surface area (Å²) in [5.74, 6) is -0.292. The normalized spacial score (nSPS) is 10.7. The van der Waals surface area contributed by atoms with Gasteiger partial charge in [-0.1, -0.05) is 17.7 Å². The monoisotopic (exact) mass is 239 g/mol. The van der Waals surface area contributed by atoms with Gasteiger partial charge in [0.25, 0.3) is 0 Å².